The summed E-state index contributed by atoms with van der Waals surface area (Å²) in [7, 11) is -3.01. The molecular weight excluding hydrogens is 276 g/mol. The summed E-state index contributed by atoms with van der Waals surface area (Å²) in [5.74, 6) is 0.0269. The molecule has 5 nitrogen and oxygen atoms in total. The second kappa shape index (κ2) is 5.44. The van der Waals surface area contributed by atoms with E-state index >= 15 is 0 Å². The van der Waals surface area contributed by atoms with Gasteiger partial charge in [0, 0.05) is 18.3 Å². The van der Waals surface area contributed by atoms with Crippen LogP contribution < -0.4 is 5.73 Å². The van der Waals surface area contributed by atoms with Crippen LogP contribution in [0.3, 0.4) is 0 Å². The van der Waals surface area contributed by atoms with Crippen molar-refractivity contribution in [2.75, 3.05) is 23.8 Å². The molecule has 0 spiro atoms. The fourth-order valence-corrected chi connectivity index (χ4v) is 4.34. The van der Waals surface area contributed by atoms with Crippen LogP contribution in [0.1, 0.15) is 29.3 Å². The maximum atomic E-state index is 12.6. The molecule has 1 aromatic rings. The third-order valence-corrected chi connectivity index (χ3v) is 5.56. The molecule has 1 unspecified atom stereocenters. The number of nitrogens with zero attached hydrogens (tertiary/aromatic N) is 1. The molecule has 2 N–H and O–H groups in total. The van der Waals surface area contributed by atoms with E-state index in [1.807, 2.05) is 19.9 Å². The van der Waals surface area contributed by atoms with E-state index in [1.54, 1.807) is 17.0 Å². The van der Waals surface area contributed by atoms with Gasteiger partial charge in [-0.25, -0.2) is 8.42 Å². The van der Waals surface area contributed by atoms with Crippen molar-refractivity contribution in [3.63, 3.8) is 0 Å². The van der Waals surface area contributed by atoms with Gasteiger partial charge in [0.1, 0.15) is 0 Å². The van der Waals surface area contributed by atoms with Crippen molar-refractivity contribution in [3.05, 3.63) is 29.3 Å². The van der Waals surface area contributed by atoms with Crippen LogP contribution in [0.15, 0.2) is 18.2 Å². The van der Waals surface area contributed by atoms with E-state index in [1.165, 1.54) is 0 Å². The molecule has 1 amide bonds. The summed E-state index contributed by atoms with van der Waals surface area (Å²) in [6.07, 6.45) is 0.508. The molecule has 110 valence electrons. The molecule has 1 heterocycles. The summed E-state index contributed by atoms with van der Waals surface area (Å²) < 4.78 is 23.2. The van der Waals surface area contributed by atoms with E-state index in [2.05, 4.69) is 0 Å². The number of amides is 1. The number of benzene rings is 1. The minimum atomic E-state index is -3.01. The van der Waals surface area contributed by atoms with Gasteiger partial charge in [-0.1, -0.05) is 12.1 Å². The molecule has 2 rings (SSSR count). The first-order valence-corrected chi connectivity index (χ1v) is 8.54. The molecule has 1 saturated heterocycles. The Morgan fingerprint density at radius 2 is 2.15 bits per heavy atom. The van der Waals surface area contributed by atoms with E-state index in [4.69, 9.17) is 5.73 Å². The number of carbonyl (C=O) groups excluding carboxylic acids is 1. The third-order valence-electron chi connectivity index (χ3n) is 3.81. The number of para-hydroxylation sites is 1. The number of carbonyl (C=O) groups is 1. The SMILES string of the molecule is CCN(C(=O)c1cccc(C)c1N)C1CCS(=O)(=O)C1. The number of hydrogen-bond donors (Lipinski definition) is 1. The van der Waals surface area contributed by atoms with Crippen LogP contribution in [-0.4, -0.2) is 43.3 Å². The van der Waals surface area contributed by atoms with Gasteiger partial charge in [-0.3, -0.25) is 4.79 Å². The molecule has 0 aromatic heterocycles. The van der Waals surface area contributed by atoms with Crippen LogP contribution >= 0.6 is 0 Å². The molecule has 0 aliphatic carbocycles. The number of hydrogen-bond acceptors (Lipinski definition) is 4. The lowest BCUT2D eigenvalue weighted by Gasteiger charge is -2.27. The first kappa shape index (κ1) is 14.8. The van der Waals surface area contributed by atoms with Crippen molar-refractivity contribution in [1.29, 1.82) is 0 Å². The van der Waals surface area contributed by atoms with Crippen LogP contribution in [0.2, 0.25) is 0 Å². The minimum absolute atomic E-state index is 0.0539. The van der Waals surface area contributed by atoms with E-state index in [0.29, 0.717) is 24.2 Å². The quantitative estimate of drug-likeness (QED) is 0.851. The van der Waals surface area contributed by atoms with Crippen molar-refractivity contribution in [2.24, 2.45) is 0 Å². The van der Waals surface area contributed by atoms with Crippen LogP contribution in [0, 0.1) is 6.92 Å². The van der Waals surface area contributed by atoms with Crippen LogP contribution in [0.25, 0.3) is 0 Å². The Balaban J connectivity index is 2.28. The van der Waals surface area contributed by atoms with Gasteiger partial charge in [-0.2, -0.15) is 0 Å². The Kier molecular flexibility index (Phi) is 4.04. The lowest BCUT2D eigenvalue weighted by molar-refractivity contribution is 0.0709. The number of anilines is 1. The van der Waals surface area contributed by atoms with Gasteiger partial charge in [0.25, 0.3) is 5.91 Å². The molecule has 1 fully saturated rings. The maximum Gasteiger partial charge on any atom is 0.256 e. The highest BCUT2D eigenvalue weighted by molar-refractivity contribution is 7.91. The Labute approximate surface area is 119 Å². The van der Waals surface area contributed by atoms with E-state index in [9.17, 15) is 13.2 Å². The first-order valence-electron chi connectivity index (χ1n) is 6.72. The summed E-state index contributed by atoms with van der Waals surface area (Å²) >= 11 is 0. The summed E-state index contributed by atoms with van der Waals surface area (Å²) in [4.78, 5) is 14.2. The van der Waals surface area contributed by atoms with Gasteiger partial charge in [0.2, 0.25) is 0 Å². The molecule has 1 aliphatic rings. The van der Waals surface area contributed by atoms with Gasteiger partial charge in [0.15, 0.2) is 9.84 Å². The smallest absolute Gasteiger partial charge is 0.256 e. The van der Waals surface area contributed by atoms with E-state index in [0.717, 1.165) is 5.56 Å². The number of rotatable bonds is 3. The molecule has 0 radical (unpaired) electrons. The summed E-state index contributed by atoms with van der Waals surface area (Å²) in [5, 5.41) is 0. The molecule has 1 aromatic carbocycles. The molecular formula is C14H20N2O3S. The molecule has 1 atom stereocenters. The Morgan fingerprint density at radius 3 is 2.70 bits per heavy atom. The van der Waals surface area contributed by atoms with Gasteiger partial charge in [0.05, 0.1) is 17.1 Å². The monoisotopic (exact) mass is 296 g/mol. The molecule has 6 heteroatoms. The van der Waals surface area contributed by atoms with Gasteiger partial charge >= 0.3 is 0 Å². The van der Waals surface area contributed by atoms with Crippen molar-refractivity contribution < 1.29 is 13.2 Å². The van der Waals surface area contributed by atoms with Gasteiger partial charge < -0.3 is 10.6 Å². The Morgan fingerprint density at radius 1 is 1.45 bits per heavy atom. The summed E-state index contributed by atoms with van der Waals surface area (Å²) in [6, 6.07) is 5.09. The van der Waals surface area contributed by atoms with Crippen molar-refractivity contribution in [2.45, 2.75) is 26.3 Å². The number of nitrogens with two attached hydrogens (primary N) is 1. The average molecular weight is 296 g/mol. The second-order valence-corrected chi connectivity index (χ2v) is 7.41. The lowest BCUT2D eigenvalue weighted by Crippen LogP contribution is -2.41. The minimum Gasteiger partial charge on any atom is -0.398 e. The largest absolute Gasteiger partial charge is 0.398 e. The van der Waals surface area contributed by atoms with Gasteiger partial charge in [-0.15, -0.1) is 0 Å². The fourth-order valence-electron chi connectivity index (χ4n) is 2.61. The zero-order valence-corrected chi connectivity index (χ0v) is 12.6. The highest BCUT2D eigenvalue weighted by Crippen LogP contribution is 2.23. The summed E-state index contributed by atoms with van der Waals surface area (Å²) in [6.45, 7) is 4.18. The van der Waals surface area contributed by atoms with E-state index < -0.39 is 9.84 Å². The summed E-state index contributed by atoms with van der Waals surface area (Å²) in [5.41, 5.74) is 7.74. The Hall–Kier alpha value is -1.56. The fraction of sp³-hybridized carbons (Fsp3) is 0.500. The van der Waals surface area contributed by atoms with E-state index in [-0.39, 0.29) is 23.5 Å². The van der Waals surface area contributed by atoms with Crippen molar-refractivity contribution in [1.82, 2.24) is 4.90 Å². The van der Waals surface area contributed by atoms with Crippen LogP contribution in [0.5, 0.6) is 0 Å². The predicted octanol–water partition coefficient (Wildman–Crippen LogP) is 1.23. The number of nitrogen functional groups attached to an aromatic ring is 1. The highest BCUT2D eigenvalue weighted by Gasteiger charge is 2.34. The van der Waals surface area contributed by atoms with Crippen molar-refractivity contribution >= 4 is 21.4 Å². The first-order chi connectivity index (χ1) is 9.35. The number of sulfone groups is 1. The second-order valence-electron chi connectivity index (χ2n) is 5.18. The highest BCUT2D eigenvalue weighted by atomic mass is 32.2. The topological polar surface area (TPSA) is 80.5 Å². The molecule has 0 bridgehead atoms. The van der Waals surface area contributed by atoms with Crippen molar-refractivity contribution in [3.8, 4) is 0 Å². The standard InChI is InChI=1S/C14H20N2O3S/c1-3-16(11-7-8-20(18,19)9-11)14(17)12-6-4-5-10(2)13(12)15/h4-6,11H,3,7-9,15H2,1-2H3. The van der Waals surface area contributed by atoms with Crippen LogP contribution in [-0.2, 0) is 9.84 Å². The zero-order chi connectivity index (χ0) is 14.9. The molecule has 20 heavy (non-hydrogen) atoms. The molecule has 1 aliphatic heterocycles. The Bertz CT molecular complexity index is 625. The molecule has 0 saturated carbocycles. The predicted molar refractivity (Wildman–Crippen MR) is 79.4 cm³/mol. The third kappa shape index (κ3) is 2.80. The van der Waals surface area contributed by atoms with Gasteiger partial charge in [-0.05, 0) is 31.9 Å². The lowest BCUT2D eigenvalue weighted by atomic mass is 10.1. The zero-order valence-electron chi connectivity index (χ0n) is 11.8. The number of aryl methyl sites for hydroxylation is 1. The maximum absolute atomic E-state index is 12.6. The average Bonchev–Trinajstić information content (AvgIpc) is 2.74. The van der Waals surface area contributed by atoms with Crippen LogP contribution in [0.4, 0.5) is 5.69 Å². The normalized spacial score (nSPS) is 20.8.